The van der Waals surface area contributed by atoms with Crippen LogP contribution in [0.4, 0.5) is 0 Å². The van der Waals surface area contributed by atoms with Gasteiger partial charge in [-0.3, -0.25) is 0 Å². The average molecular weight is 372 g/mol. The summed E-state index contributed by atoms with van der Waals surface area (Å²) in [6.07, 6.45) is 5.04. The van der Waals surface area contributed by atoms with E-state index >= 15 is 0 Å². The third-order valence-electron chi connectivity index (χ3n) is 5.74. The van der Waals surface area contributed by atoms with Crippen LogP contribution in [0.15, 0.2) is 77.2 Å². The van der Waals surface area contributed by atoms with Crippen LogP contribution in [-0.2, 0) is 4.57 Å². The number of allylic oxidation sites excluding steroid dienone is 2. The van der Waals surface area contributed by atoms with E-state index in [1.807, 2.05) is 43.3 Å². The Bertz CT molecular complexity index is 1130. The number of furan rings is 1. The van der Waals surface area contributed by atoms with Crippen LogP contribution in [0.2, 0.25) is 0 Å². The fraction of sp³-hybridized carbons (Fsp3) is 0.167. The normalized spacial score (nSPS) is 23.4. The molecule has 5 rings (SSSR count). The predicted octanol–water partition coefficient (Wildman–Crippen LogP) is 6.95. The van der Waals surface area contributed by atoms with Crippen molar-refractivity contribution >= 4 is 17.8 Å². The van der Waals surface area contributed by atoms with Crippen LogP contribution < -0.4 is 0 Å². The van der Waals surface area contributed by atoms with Gasteiger partial charge in [0.2, 0.25) is 0 Å². The van der Waals surface area contributed by atoms with E-state index in [4.69, 9.17) is 4.42 Å². The van der Waals surface area contributed by atoms with E-state index in [0.717, 1.165) is 44.4 Å². The molecule has 2 aromatic carbocycles. The number of aryl methyl sites for hydroxylation is 1. The molecule has 0 saturated heterocycles. The van der Waals surface area contributed by atoms with Crippen LogP contribution in [0.3, 0.4) is 0 Å². The monoisotopic (exact) mass is 372 g/mol. The zero-order valence-corrected chi connectivity index (χ0v) is 16.4. The van der Waals surface area contributed by atoms with Crippen LogP contribution in [0.5, 0.6) is 0 Å². The Kier molecular flexibility index (Phi) is 3.67. The Hall–Kier alpha value is -2.57. The molecule has 2 unspecified atom stereocenters. The molecule has 0 N–H and O–H groups in total. The van der Waals surface area contributed by atoms with E-state index in [0.29, 0.717) is 6.16 Å². The molecule has 2 aliphatic heterocycles. The quantitative estimate of drug-likeness (QED) is 0.466. The van der Waals surface area contributed by atoms with Gasteiger partial charge in [-0.15, -0.1) is 0 Å². The van der Waals surface area contributed by atoms with E-state index in [2.05, 4.69) is 43.3 Å². The Balaban J connectivity index is 1.67. The Labute approximate surface area is 159 Å². The van der Waals surface area contributed by atoms with Crippen LogP contribution in [0, 0.1) is 19.8 Å². The van der Waals surface area contributed by atoms with Crippen LogP contribution in [-0.4, -0.2) is 6.16 Å². The Morgan fingerprint density at radius 1 is 0.852 bits per heavy atom. The van der Waals surface area contributed by atoms with Gasteiger partial charge in [0, 0.05) is 23.0 Å². The van der Waals surface area contributed by atoms with Crippen molar-refractivity contribution < 1.29 is 8.98 Å². The van der Waals surface area contributed by atoms with Crippen molar-refractivity contribution in [3.63, 3.8) is 0 Å². The fourth-order valence-electron chi connectivity index (χ4n) is 4.34. The minimum absolute atomic E-state index is 0.232. The number of hydrogen-bond acceptors (Lipinski definition) is 2. The minimum atomic E-state index is -2.67. The molecule has 2 atom stereocenters. The first-order chi connectivity index (χ1) is 13.1. The summed E-state index contributed by atoms with van der Waals surface area (Å²) in [5.74, 6) is 1.92. The van der Waals surface area contributed by atoms with E-state index in [-0.39, 0.29) is 5.92 Å². The molecular formula is C24H21O2P. The summed E-state index contributed by atoms with van der Waals surface area (Å²) < 4.78 is 20.4. The van der Waals surface area contributed by atoms with Crippen LogP contribution >= 0.6 is 7.14 Å². The van der Waals surface area contributed by atoms with Gasteiger partial charge >= 0.3 is 0 Å². The van der Waals surface area contributed by atoms with E-state index < -0.39 is 7.14 Å². The molecule has 27 heavy (non-hydrogen) atoms. The largest absolute Gasteiger partial charge is 0.460 e. The lowest BCUT2D eigenvalue weighted by Crippen LogP contribution is -1.91. The second kappa shape index (κ2) is 5.97. The van der Waals surface area contributed by atoms with Gasteiger partial charge < -0.3 is 8.98 Å². The fourth-order valence-corrected chi connectivity index (χ4v) is 7.71. The summed E-state index contributed by atoms with van der Waals surface area (Å²) in [7, 11) is -2.67. The van der Waals surface area contributed by atoms with E-state index in [1.165, 1.54) is 0 Å². The lowest BCUT2D eigenvalue weighted by atomic mass is 10.00. The third kappa shape index (κ3) is 2.44. The minimum Gasteiger partial charge on any atom is -0.460 e. The summed E-state index contributed by atoms with van der Waals surface area (Å²) in [6, 6.07) is 20.4. The molecule has 1 aromatic heterocycles. The Morgan fingerprint density at radius 3 is 2.07 bits per heavy atom. The molecule has 3 heterocycles. The molecule has 2 aliphatic rings. The first kappa shape index (κ1) is 16.6. The van der Waals surface area contributed by atoms with Gasteiger partial charge in [0.05, 0.1) is 5.31 Å². The molecule has 3 heteroatoms. The van der Waals surface area contributed by atoms with Crippen molar-refractivity contribution in [1.29, 1.82) is 0 Å². The van der Waals surface area contributed by atoms with Crippen molar-refractivity contribution in [2.24, 2.45) is 5.92 Å². The SMILES string of the molecule is Cc1oc(C2=CC3C=C(c4ccccc4)P2(=O)C3)c(-c2ccccc2)c1C. The molecule has 0 fully saturated rings. The number of fused-ring (bicyclic) bond motifs is 2. The predicted molar refractivity (Wildman–Crippen MR) is 112 cm³/mol. The number of hydrogen-bond donors (Lipinski definition) is 0. The molecule has 0 saturated carbocycles. The molecule has 0 radical (unpaired) electrons. The lowest BCUT2D eigenvalue weighted by molar-refractivity contribution is 0.521. The average Bonchev–Trinajstić information content (AvgIpc) is 3.31. The van der Waals surface area contributed by atoms with Crippen molar-refractivity contribution in [2.45, 2.75) is 13.8 Å². The lowest BCUT2D eigenvalue weighted by Gasteiger charge is -2.18. The zero-order chi connectivity index (χ0) is 18.6. The smallest absolute Gasteiger partial charge is 0.147 e. The molecular weight excluding hydrogens is 351 g/mol. The van der Waals surface area contributed by atoms with E-state index in [1.54, 1.807) is 0 Å². The first-order valence-corrected chi connectivity index (χ1v) is 11.2. The van der Waals surface area contributed by atoms with Gasteiger partial charge in [-0.05, 0) is 30.5 Å². The second-order valence-corrected chi connectivity index (χ2v) is 10.2. The molecule has 0 aliphatic carbocycles. The highest BCUT2D eigenvalue weighted by Crippen LogP contribution is 2.76. The van der Waals surface area contributed by atoms with Crippen molar-refractivity contribution in [2.75, 3.05) is 6.16 Å². The second-order valence-electron chi connectivity index (χ2n) is 7.41. The molecule has 0 amide bonds. The van der Waals surface area contributed by atoms with Crippen molar-refractivity contribution in [1.82, 2.24) is 0 Å². The zero-order valence-electron chi connectivity index (χ0n) is 15.5. The van der Waals surface area contributed by atoms with Crippen LogP contribution in [0.25, 0.3) is 21.8 Å². The van der Waals surface area contributed by atoms with Gasteiger partial charge in [0.25, 0.3) is 0 Å². The highest BCUT2D eigenvalue weighted by Gasteiger charge is 2.47. The highest BCUT2D eigenvalue weighted by atomic mass is 31.2. The summed E-state index contributed by atoms with van der Waals surface area (Å²) >= 11 is 0. The van der Waals surface area contributed by atoms with Gasteiger partial charge in [-0.2, -0.15) is 0 Å². The number of benzene rings is 2. The van der Waals surface area contributed by atoms with Gasteiger partial charge in [-0.1, -0.05) is 72.8 Å². The molecule has 2 nitrogen and oxygen atoms in total. The van der Waals surface area contributed by atoms with Crippen LogP contribution in [0.1, 0.15) is 22.6 Å². The van der Waals surface area contributed by atoms with Gasteiger partial charge in [0.1, 0.15) is 18.7 Å². The highest BCUT2D eigenvalue weighted by molar-refractivity contribution is 7.84. The number of rotatable bonds is 3. The molecule has 134 valence electrons. The summed E-state index contributed by atoms with van der Waals surface area (Å²) in [4.78, 5) is 0. The topological polar surface area (TPSA) is 30.2 Å². The summed E-state index contributed by atoms with van der Waals surface area (Å²) in [6.45, 7) is 4.07. The maximum absolute atomic E-state index is 14.2. The maximum atomic E-state index is 14.2. The van der Waals surface area contributed by atoms with Gasteiger partial charge in [0.15, 0.2) is 0 Å². The summed E-state index contributed by atoms with van der Waals surface area (Å²) in [5.41, 5.74) is 4.38. The van der Waals surface area contributed by atoms with Crippen molar-refractivity contribution in [3.8, 4) is 11.1 Å². The maximum Gasteiger partial charge on any atom is 0.147 e. The molecule has 3 aromatic rings. The first-order valence-electron chi connectivity index (χ1n) is 9.33. The van der Waals surface area contributed by atoms with Crippen molar-refractivity contribution in [3.05, 3.63) is 95.5 Å². The summed E-state index contributed by atoms with van der Waals surface area (Å²) in [5, 5.41) is 1.90. The van der Waals surface area contributed by atoms with E-state index in [9.17, 15) is 4.57 Å². The standard InChI is InChI=1S/C24H21O2P/c1-16-17(2)26-24(23(16)20-11-7-4-8-12-20)22-14-18-13-21(27(22,25)15-18)19-9-5-3-6-10-19/h3-14,18H,15H2,1-2H3. The molecule has 0 spiro atoms. The third-order valence-corrected chi connectivity index (χ3v) is 8.99. The molecule has 2 bridgehead atoms. The van der Waals surface area contributed by atoms with Gasteiger partial charge in [-0.25, -0.2) is 0 Å². The Morgan fingerprint density at radius 2 is 1.44 bits per heavy atom.